The number of hydrogen-bond donors (Lipinski definition) is 3. The quantitative estimate of drug-likeness (QED) is 0.0278. The zero-order valence-electron chi connectivity index (χ0n) is 73.1. The summed E-state index contributed by atoms with van der Waals surface area (Å²) in [5, 5.41) is 23.3. The van der Waals surface area contributed by atoms with Crippen LogP contribution in [0.25, 0.3) is 33.4 Å². The number of benzene rings is 11. The third-order valence-electron chi connectivity index (χ3n) is 20.3. The number of alkyl halides is 27. The smallest absolute Gasteiger partial charge is 0.406 e. The van der Waals surface area contributed by atoms with Gasteiger partial charge >= 0.3 is 104 Å². The molecule has 145 heavy (non-hydrogen) atoms. The third-order valence-corrected chi connectivity index (χ3v) is 22.8. The Labute approximate surface area is 868 Å². The van der Waals surface area contributed by atoms with Gasteiger partial charge in [-0.1, -0.05) is 232 Å². The summed E-state index contributed by atoms with van der Waals surface area (Å²) in [6.07, 6.45) is -45.0. The SMILES string of the molecule is FC(F)(F)C1CO1.FC(F)(F)Oc1cccc(-c2cccc3c2CCC(c2ccccc2)N3)c1.O=C(CCc1c(Br)cccc1Br)c1ccccc1.O=[S-](=O)OC(F)(F)F.O=[S-](=O)OC(F)(F)F.O=[S-](=O)OC(F)(F)F.OC(CN1c2cccc(-c3cccc(OC(F)(F)F)c3)c2CCC1c1ccccc1)C(F)(F)F.OC(CN1c2cccc(-c3cccc(OC(F)(F)F)c3)c2CCC1c1ccccc1)C(F)(F)F.[Yb+3]. The number of aliphatic hydroxyl groups excluding tert-OH is 2. The monoisotopic (exact) mass is 2430 g/mol. The average Bonchev–Trinajstić information content (AvgIpc) is 1.31. The first kappa shape index (κ1) is 122. The molecule has 0 spiro atoms. The third kappa shape index (κ3) is 42.3. The molecule has 793 valence electrons. The first-order chi connectivity index (χ1) is 67.1. The summed E-state index contributed by atoms with van der Waals surface area (Å²) in [4.78, 5) is 15.1. The van der Waals surface area contributed by atoms with E-state index in [1.165, 1.54) is 63.9 Å². The van der Waals surface area contributed by atoms with E-state index in [-0.39, 0.29) is 82.6 Å². The van der Waals surface area contributed by atoms with Gasteiger partial charge in [0, 0.05) is 38.0 Å². The van der Waals surface area contributed by atoms with Gasteiger partial charge in [-0.05, 0) is 184 Å². The van der Waals surface area contributed by atoms with Crippen LogP contribution in [0.3, 0.4) is 0 Å². The van der Waals surface area contributed by atoms with Gasteiger partial charge in [-0.25, -0.2) is 0 Å². The van der Waals surface area contributed by atoms with Crippen molar-refractivity contribution >= 4 is 87.7 Å². The average molecular weight is 2430 g/mol. The summed E-state index contributed by atoms with van der Waals surface area (Å²) in [5.41, 5.74) is 13.1. The maximum atomic E-state index is 13.3. The van der Waals surface area contributed by atoms with Crippen molar-refractivity contribution in [3.05, 3.63) is 320 Å². The molecule has 0 saturated carbocycles. The predicted octanol–water partition coefficient (Wildman–Crippen LogP) is 27.9. The van der Waals surface area contributed by atoms with Crippen LogP contribution >= 0.6 is 31.9 Å². The number of rotatable bonds is 20. The predicted molar refractivity (Wildman–Crippen MR) is 475 cm³/mol. The van der Waals surface area contributed by atoms with E-state index in [2.05, 4.69) is 80.8 Å². The summed E-state index contributed by atoms with van der Waals surface area (Å²) in [6.45, 7) is -1.49. The van der Waals surface area contributed by atoms with Gasteiger partial charge in [-0.3, -0.25) is 4.79 Å². The standard InChI is InChI=1S/2C25H21F6NO2.C22H18F3NO.C15H12Br2O.C3H3F3O.3CF3O3S.Yb/c2*26-24(27,28)23(33)15-32-21(16-6-2-1-3-7-16)13-12-20-19(10-5-11-22(20)32)17-8-4-9-18(14-17)34-25(29,30)31;23-22(24,25)27-17-9-4-8-16(14-17)18-10-5-11-21-19(18)12-13-20(26-21)15-6-2-1-3-7-15;16-13-7-4-8-14(17)12(13)9-10-15(18)11-5-2-1-3-6-11;4-3(5,6)2-1-7-2;3*2-1(3,4)7-8(5)6;/h2*1-11,14,21,23,33H,12-13,15H2;1-11,14,20,26H,12-13H2;1-8H,9-10H2;2H,1H2;;;;/q;;;;;3*-1;+3. The number of carbonyl (C=O) groups excluding carboxylic acids is 1. The molecule has 1 saturated heterocycles. The zero-order chi connectivity index (χ0) is 107. The number of epoxide rings is 1. The number of halogens is 29. The Hall–Kier alpha value is -9.91. The van der Waals surface area contributed by atoms with Crippen LogP contribution in [0.1, 0.15) is 93.1 Å². The van der Waals surface area contributed by atoms with Crippen LogP contribution in [0, 0.1) is 46.9 Å². The number of carbonyl (C=O) groups is 1. The van der Waals surface area contributed by atoms with Crippen molar-refractivity contribution in [3.63, 3.8) is 0 Å². The summed E-state index contributed by atoms with van der Waals surface area (Å²) in [6, 6.07) is 76.2. The number of fused-ring (bicyclic) bond motifs is 3. The Balaban J connectivity index is 0.000000241. The van der Waals surface area contributed by atoms with Crippen LogP contribution in [0.15, 0.2) is 276 Å². The number of ether oxygens (including phenoxy) is 4. The molecule has 4 aliphatic rings. The van der Waals surface area contributed by atoms with Gasteiger partial charge in [-0.15, -0.1) is 79.0 Å². The molecule has 1 fully saturated rings. The molecule has 19 nitrogen and oxygen atoms in total. The maximum Gasteiger partial charge on any atom is 3.00 e. The molecule has 52 heteroatoms. The zero-order valence-corrected chi connectivity index (χ0v) is 80.4. The summed E-state index contributed by atoms with van der Waals surface area (Å²) < 4.78 is 402. The van der Waals surface area contributed by atoms with E-state index in [0.29, 0.717) is 82.4 Å². The molecule has 4 heterocycles. The second-order valence-electron chi connectivity index (χ2n) is 30.2. The molecule has 11 aromatic rings. The molecule has 0 aromatic heterocycles. The second kappa shape index (κ2) is 54.3. The molecular formula is C93H75Br2F27N3O16S3Yb. The van der Waals surface area contributed by atoms with Crippen LogP contribution in [0.4, 0.5) is 136 Å². The van der Waals surface area contributed by atoms with E-state index in [0.717, 1.165) is 67.3 Å². The van der Waals surface area contributed by atoms with Crippen molar-refractivity contribution in [3.8, 4) is 50.6 Å². The van der Waals surface area contributed by atoms with Gasteiger partial charge in [-0.2, -0.15) is 39.5 Å². The number of nitrogens with one attached hydrogen (secondary N) is 1. The van der Waals surface area contributed by atoms with Gasteiger partial charge < -0.3 is 82.1 Å². The van der Waals surface area contributed by atoms with E-state index in [1.54, 1.807) is 78.9 Å². The fourth-order valence-electron chi connectivity index (χ4n) is 14.6. The van der Waals surface area contributed by atoms with Crippen molar-refractivity contribution in [2.75, 3.05) is 34.8 Å². The molecule has 4 aliphatic heterocycles. The topological polar surface area (TPSA) is 246 Å². The largest absolute Gasteiger partial charge is 3.00 e. The first-order valence-corrected chi connectivity index (χ1v) is 45.8. The molecule has 11 aromatic carbocycles. The number of hydrogen-bond acceptors (Lipinski definition) is 22. The number of anilines is 3. The molecule has 3 N–H and O–H groups in total. The Bertz CT molecular complexity index is 5920. The fourth-order valence-corrected chi connectivity index (χ4v) is 16.5. The summed E-state index contributed by atoms with van der Waals surface area (Å²) >= 11 is 7.02. The Kier molecular flexibility index (Phi) is 45.7. The van der Waals surface area contributed by atoms with Gasteiger partial charge in [0.2, 0.25) is 0 Å². The van der Waals surface area contributed by atoms with Crippen molar-refractivity contribution in [2.24, 2.45) is 0 Å². The molecule has 6 atom stereocenters. The van der Waals surface area contributed by atoms with Gasteiger partial charge in [0.25, 0.3) is 0 Å². The molecular weight excluding hydrogens is 2360 g/mol. The maximum absolute atomic E-state index is 13.3. The normalized spacial score (nSPS) is 16.0. The van der Waals surface area contributed by atoms with E-state index < -0.39 is 133 Å². The second-order valence-corrected chi connectivity index (χ2v) is 33.6. The minimum absolute atomic E-state index is 0. The molecule has 6 unspecified atom stereocenters. The van der Waals surface area contributed by atoms with E-state index in [4.69, 9.17) is 25.3 Å². The molecule has 0 bridgehead atoms. The Morgan fingerprint density at radius 2 is 0.697 bits per heavy atom. The fraction of sp³-hybridized carbons (Fsp3) is 0.280. The molecule has 0 aliphatic carbocycles. The number of aliphatic hydroxyl groups is 2. The minimum Gasteiger partial charge on any atom is -0.406 e. The Morgan fingerprint density at radius 3 is 1.00 bits per heavy atom. The summed E-state index contributed by atoms with van der Waals surface area (Å²) in [7, 11) is -10.5. The van der Waals surface area contributed by atoms with Crippen molar-refractivity contribution < 1.29 is 237 Å². The number of ketones is 1. The number of nitrogens with zero attached hydrogens (tertiary/aromatic N) is 2. The molecule has 1 radical (unpaired) electrons. The molecule has 0 amide bonds. The van der Waals surface area contributed by atoms with Gasteiger partial charge in [0.05, 0.1) is 70.8 Å². The van der Waals surface area contributed by atoms with E-state index >= 15 is 0 Å². The van der Waals surface area contributed by atoms with Crippen LogP contribution in [0.2, 0.25) is 0 Å². The molecule has 15 rings (SSSR count). The van der Waals surface area contributed by atoms with Crippen LogP contribution in [0.5, 0.6) is 17.2 Å². The van der Waals surface area contributed by atoms with Crippen molar-refractivity contribution in [1.29, 1.82) is 0 Å². The summed E-state index contributed by atoms with van der Waals surface area (Å²) in [5.74, 6) is -0.795. The minimum atomic E-state index is -5.09. The van der Waals surface area contributed by atoms with Crippen molar-refractivity contribution in [2.45, 2.75) is 145 Å². The van der Waals surface area contributed by atoms with Crippen LogP contribution < -0.4 is 29.3 Å². The van der Waals surface area contributed by atoms with E-state index in [1.807, 2.05) is 127 Å². The van der Waals surface area contributed by atoms with Crippen LogP contribution in [-0.2, 0) is 101 Å². The first-order valence-electron chi connectivity index (χ1n) is 41.2. The van der Waals surface area contributed by atoms with Gasteiger partial charge in [0.15, 0.2) is 24.1 Å². The van der Waals surface area contributed by atoms with Crippen molar-refractivity contribution in [1.82, 2.24) is 0 Å². The van der Waals surface area contributed by atoms with E-state index in [9.17, 15) is 134 Å². The number of Topliss-reactive ketones (excluding diaryl/α,β-unsaturated/α-hetero) is 1. The van der Waals surface area contributed by atoms with Crippen LogP contribution in [-0.4, -0.2) is 111 Å². The number of β-amino-alcohol motifs (C(OH)–C–C–N with tert-alkyl or cyclic N) is 2. The van der Waals surface area contributed by atoms with Gasteiger partial charge in [0.1, 0.15) is 17.2 Å². The Morgan fingerprint density at radius 1 is 0.386 bits per heavy atom.